The predicted molar refractivity (Wildman–Crippen MR) is 84.6 cm³/mol. The van der Waals surface area contributed by atoms with Crippen LogP contribution in [0.25, 0.3) is 0 Å². The number of carbonyl (C=O) groups is 1. The number of ketones is 1. The van der Waals surface area contributed by atoms with Crippen molar-refractivity contribution in [1.29, 1.82) is 0 Å². The minimum absolute atomic E-state index is 0.0903. The van der Waals surface area contributed by atoms with Crippen molar-refractivity contribution in [3.63, 3.8) is 0 Å². The molecule has 0 radical (unpaired) electrons. The molecule has 0 spiro atoms. The van der Waals surface area contributed by atoms with E-state index in [0.29, 0.717) is 0 Å². The summed E-state index contributed by atoms with van der Waals surface area (Å²) in [7, 11) is 0. The first-order valence-corrected chi connectivity index (χ1v) is 7.12. The first-order valence-electron chi connectivity index (χ1n) is 7.12. The fourth-order valence-corrected chi connectivity index (χ4v) is 2.40. The number of benzene rings is 2. The maximum absolute atomic E-state index is 12.7. The molecule has 2 heteroatoms. The fourth-order valence-electron chi connectivity index (χ4n) is 2.40. The highest BCUT2D eigenvalue weighted by Gasteiger charge is 2.16. The Morgan fingerprint density at radius 1 is 1.00 bits per heavy atom. The number of anilines is 1. The lowest BCUT2D eigenvalue weighted by molar-refractivity contribution is 0.103. The SMILES string of the molecule is CCN(CC)c1cc(C)ccc1C(=O)c1ccccc1. The number of nitrogens with zero attached hydrogens (tertiary/aromatic N) is 1. The Balaban J connectivity index is 2.48. The molecule has 0 N–H and O–H groups in total. The zero-order valence-corrected chi connectivity index (χ0v) is 12.4. The van der Waals surface area contributed by atoms with Crippen LogP contribution in [0.2, 0.25) is 0 Å². The lowest BCUT2D eigenvalue weighted by Gasteiger charge is -2.24. The topological polar surface area (TPSA) is 20.3 Å². The van der Waals surface area contributed by atoms with E-state index in [1.165, 1.54) is 5.56 Å². The molecule has 0 fully saturated rings. The summed E-state index contributed by atoms with van der Waals surface area (Å²) in [6.07, 6.45) is 0. The van der Waals surface area contributed by atoms with Gasteiger partial charge < -0.3 is 4.90 Å². The molecule has 0 unspecified atom stereocenters. The second-order valence-corrected chi connectivity index (χ2v) is 4.89. The van der Waals surface area contributed by atoms with Gasteiger partial charge in [0, 0.05) is 29.9 Å². The maximum Gasteiger partial charge on any atom is 0.195 e. The number of aryl methyl sites for hydroxylation is 1. The third kappa shape index (κ3) is 2.90. The zero-order chi connectivity index (χ0) is 14.5. The molecule has 2 rings (SSSR count). The summed E-state index contributed by atoms with van der Waals surface area (Å²) in [6.45, 7) is 8.08. The summed E-state index contributed by atoms with van der Waals surface area (Å²) in [4.78, 5) is 14.9. The van der Waals surface area contributed by atoms with Gasteiger partial charge in [-0.3, -0.25) is 4.79 Å². The molecule has 0 aliphatic carbocycles. The van der Waals surface area contributed by atoms with Crippen molar-refractivity contribution in [3.8, 4) is 0 Å². The van der Waals surface area contributed by atoms with Crippen LogP contribution in [-0.4, -0.2) is 18.9 Å². The van der Waals surface area contributed by atoms with Crippen molar-refractivity contribution in [2.24, 2.45) is 0 Å². The Kier molecular flexibility index (Phi) is 4.57. The van der Waals surface area contributed by atoms with Crippen LogP contribution in [0.4, 0.5) is 5.69 Å². The van der Waals surface area contributed by atoms with E-state index in [-0.39, 0.29) is 5.78 Å². The number of hydrogen-bond acceptors (Lipinski definition) is 2. The van der Waals surface area contributed by atoms with Crippen LogP contribution in [0.3, 0.4) is 0 Å². The van der Waals surface area contributed by atoms with Crippen LogP contribution in [0, 0.1) is 6.92 Å². The van der Waals surface area contributed by atoms with Crippen molar-refractivity contribution >= 4 is 11.5 Å². The van der Waals surface area contributed by atoms with Crippen LogP contribution in [0.5, 0.6) is 0 Å². The van der Waals surface area contributed by atoms with Crippen LogP contribution in [0.15, 0.2) is 48.5 Å². The van der Waals surface area contributed by atoms with Crippen LogP contribution in [0.1, 0.15) is 35.3 Å². The van der Waals surface area contributed by atoms with Gasteiger partial charge in [0.2, 0.25) is 0 Å². The van der Waals surface area contributed by atoms with Crippen molar-refractivity contribution in [3.05, 3.63) is 65.2 Å². The molecule has 0 amide bonds. The molecule has 2 aromatic rings. The molecular weight excluding hydrogens is 246 g/mol. The molecule has 0 aliphatic rings. The van der Waals surface area contributed by atoms with Crippen molar-refractivity contribution < 1.29 is 4.79 Å². The van der Waals surface area contributed by atoms with Gasteiger partial charge in [0.1, 0.15) is 0 Å². The van der Waals surface area contributed by atoms with Gasteiger partial charge in [-0.15, -0.1) is 0 Å². The van der Waals surface area contributed by atoms with Crippen LogP contribution in [-0.2, 0) is 0 Å². The lowest BCUT2D eigenvalue weighted by atomic mass is 9.99. The third-order valence-corrected chi connectivity index (χ3v) is 3.54. The second-order valence-electron chi connectivity index (χ2n) is 4.89. The summed E-state index contributed by atoms with van der Waals surface area (Å²) in [5.41, 5.74) is 3.73. The minimum Gasteiger partial charge on any atom is -0.371 e. The molecule has 0 heterocycles. The van der Waals surface area contributed by atoms with Crippen molar-refractivity contribution in [2.45, 2.75) is 20.8 Å². The van der Waals surface area contributed by atoms with Gasteiger partial charge in [0.15, 0.2) is 5.78 Å². The Labute approximate surface area is 121 Å². The van der Waals surface area contributed by atoms with E-state index in [1.54, 1.807) is 0 Å². The fraction of sp³-hybridized carbons (Fsp3) is 0.278. The molecule has 104 valence electrons. The Hall–Kier alpha value is -2.09. The molecule has 0 saturated heterocycles. The second kappa shape index (κ2) is 6.38. The molecule has 20 heavy (non-hydrogen) atoms. The largest absolute Gasteiger partial charge is 0.371 e. The Morgan fingerprint density at radius 3 is 2.25 bits per heavy atom. The average Bonchev–Trinajstić information content (AvgIpc) is 2.49. The van der Waals surface area contributed by atoms with Gasteiger partial charge in [-0.05, 0) is 38.5 Å². The van der Waals surface area contributed by atoms with Crippen LogP contribution >= 0.6 is 0 Å². The number of rotatable bonds is 5. The van der Waals surface area contributed by atoms with Gasteiger partial charge >= 0.3 is 0 Å². The average molecular weight is 267 g/mol. The summed E-state index contributed by atoms with van der Waals surface area (Å²) in [6, 6.07) is 15.5. The van der Waals surface area contributed by atoms with Gasteiger partial charge in [-0.25, -0.2) is 0 Å². The van der Waals surface area contributed by atoms with Crippen molar-refractivity contribution in [1.82, 2.24) is 0 Å². The van der Waals surface area contributed by atoms with E-state index in [4.69, 9.17) is 0 Å². The minimum atomic E-state index is 0.0903. The molecule has 0 atom stereocenters. The van der Waals surface area contributed by atoms with Gasteiger partial charge in [-0.2, -0.15) is 0 Å². The first kappa shape index (κ1) is 14.3. The summed E-state index contributed by atoms with van der Waals surface area (Å²) < 4.78 is 0. The maximum atomic E-state index is 12.7. The van der Waals surface area contributed by atoms with Gasteiger partial charge in [0.25, 0.3) is 0 Å². The first-order chi connectivity index (χ1) is 9.67. The van der Waals surface area contributed by atoms with E-state index >= 15 is 0 Å². The van der Waals surface area contributed by atoms with E-state index in [1.807, 2.05) is 42.5 Å². The van der Waals surface area contributed by atoms with Crippen molar-refractivity contribution in [2.75, 3.05) is 18.0 Å². The Bertz CT molecular complexity index is 586. The van der Waals surface area contributed by atoms with E-state index in [2.05, 4.69) is 31.7 Å². The number of hydrogen-bond donors (Lipinski definition) is 0. The van der Waals surface area contributed by atoms with E-state index in [0.717, 1.165) is 29.9 Å². The zero-order valence-electron chi connectivity index (χ0n) is 12.4. The smallest absolute Gasteiger partial charge is 0.195 e. The molecule has 0 aliphatic heterocycles. The molecular formula is C18H21NO. The van der Waals surface area contributed by atoms with Crippen LogP contribution < -0.4 is 4.90 Å². The third-order valence-electron chi connectivity index (χ3n) is 3.54. The van der Waals surface area contributed by atoms with Gasteiger partial charge in [-0.1, -0.05) is 36.4 Å². The molecule has 2 nitrogen and oxygen atoms in total. The summed E-state index contributed by atoms with van der Waals surface area (Å²) >= 11 is 0. The standard InChI is InChI=1S/C18H21NO/c1-4-19(5-2)17-13-14(3)11-12-16(17)18(20)15-9-7-6-8-10-15/h6-13H,4-5H2,1-3H3. The molecule has 0 bridgehead atoms. The monoisotopic (exact) mass is 267 g/mol. The highest BCUT2D eigenvalue weighted by Crippen LogP contribution is 2.24. The Morgan fingerprint density at radius 2 is 1.65 bits per heavy atom. The summed E-state index contributed by atoms with van der Waals surface area (Å²) in [5.74, 6) is 0.0903. The highest BCUT2D eigenvalue weighted by atomic mass is 16.1. The predicted octanol–water partition coefficient (Wildman–Crippen LogP) is 4.07. The van der Waals surface area contributed by atoms with E-state index < -0.39 is 0 Å². The highest BCUT2D eigenvalue weighted by molar-refractivity contribution is 6.12. The molecule has 0 aromatic heterocycles. The van der Waals surface area contributed by atoms with E-state index in [9.17, 15) is 4.79 Å². The number of carbonyl (C=O) groups excluding carboxylic acids is 1. The normalized spacial score (nSPS) is 10.3. The summed E-state index contributed by atoms with van der Waals surface area (Å²) in [5, 5.41) is 0. The lowest BCUT2D eigenvalue weighted by Crippen LogP contribution is -2.24. The molecule has 0 saturated carbocycles. The van der Waals surface area contributed by atoms with Gasteiger partial charge in [0.05, 0.1) is 0 Å². The quantitative estimate of drug-likeness (QED) is 0.761. The molecule has 2 aromatic carbocycles.